The lowest BCUT2D eigenvalue weighted by Gasteiger charge is -2.31. The lowest BCUT2D eigenvalue weighted by molar-refractivity contribution is -0.0300. The maximum absolute atomic E-state index is 11.7. The SMILES string of the molecule is O=C1O[C@H](N2CCCCC2)c2ccccc21. The third kappa shape index (κ3) is 1.52. The summed E-state index contributed by atoms with van der Waals surface area (Å²) in [5.41, 5.74) is 1.77. The number of ether oxygens (including phenoxy) is 1. The second-order valence-electron chi connectivity index (χ2n) is 4.44. The smallest absolute Gasteiger partial charge is 0.340 e. The molecule has 3 heteroatoms. The van der Waals surface area contributed by atoms with E-state index in [0.717, 1.165) is 24.2 Å². The van der Waals surface area contributed by atoms with Crippen molar-refractivity contribution in [2.24, 2.45) is 0 Å². The van der Waals surface area contributed by atoms with Gasteiger partial charge in [0, 0.05) is 18.7 Å². The largest absolute Gasteiger partial charge is 0.438 e. The van der Waals surface area contributed by atoms with Crippen LogP contribution in [0.25, 0.3) is 0 Å². The Labute approximate surface area is 95.0 Å². The number of hydrogen-bond acceptors (Lipinski definition) is 3. The molecule has 0 aliphatic carbocycles. The van der Waals surface area contributed by atoms with Crippen molar-refractivity contribution in [1.29, 1.82) is 0 Å². The number of carbonyl (C=O) groups excluding carboxylic acids is 1. The van der Waals surface area contributed by atoms with Crippen LogP contribution in [0.5, 0.6) is 0 Å². The Balaban J connectivity index is 1.90. The first-order valence-corrected chi connectivity index (χ1v) is 5.90. The summed E-state index contributed by atoms with van der Waals surface area (Å²) in [5.74, 6) is -0.175. The van der Waals surface area contributed by atoms with Gasteiger partial charge in [0.1, 0.15) is 0 Å². The van der Waals surface area contributed by atoms with Crippen LogP contribution in [0.3, 0.4) is 0 Å². The minimum Gasteiger partial charge on any atom is -0.438 e. The maximum atomic E-state index is 11.7. The van der Waals surface area contributed by atoms with Gasteiger partial charge >= 0.3 is 5.97 Å². The molecule has 0 radical (unpaired) electrons. The number of fused-ring (bicyclic) bond motifs is 1. The Bertz CT molecular complexity index is 410. The molecule has 0 N–H and O–H groups in total. The van der Waals surface area contributed by atoms with Crippen molar-refractivity contribution in [2.75, 3.05) is 13.1 Å². The second-order valence-corrected chi connectivity index (χ2v) is 4.44. The predicted molar refractivity (Wildman–Crippen MR) is 60.0 cm³/mol. The zero-order valence-electron chi connectivity index (χ0n) is 9.19. The standard InChI is InChI=1S/C13H15NO2/c15-13-11-7-3-2-6-10(11)12(16-13)14-8-4-1-5-9-14/h2-3,6-7,12H,1,4-5,8-9H2/t12-/m0/s1. The number of likely N-dealkylation sites (tertiary alicyclic amines) is 1. The number of esters is 1. The average molecular weight is 217 g/mol. The molecule has 1 aromatic rings. The van der Waals surface area contributed by atoms with E-state index in [1.165, 1.54) is 19.3 Å². The Morgan fingerprint density at radius 2 is 1.88 bits per heavy atom. The highest BCUT2D eigenvalue weighted by Gasteiger charge is 2.35. The lowest BCUT2D eigenvalue weighted by Crippen LogP contribution is -2.33. The minimum atomic E-state index is -0.175. The van der Waals surface area contributed by atoms with Gasteiger partial charge in [-0.2, -0.15) is 0 Å². The number of carbonyl (C=O) groups is 1. The summed E-state index contributed by atoms with van der Waals surface area (Å²) in [6, 6.07) is 7.71. The molecular formula is C13H15NO2. The third-order valence-corrected chi connectivity index (χ3v) is 3.39. The Morgan fingerprint density at radius 1 is 1.12 bits per heavy atom. The number of benzene rings is 1. The van der Waals surface area contributed by atoms with Gasteiger partial charge in [0.15, 0.2) is 6.23 Å². The molecule has 0 amide bonds. The molecule has 3 rings (SSSR count). The van der Waals surface area contributed by atoms with Crippen molar-refractivity contribution in [1.82, 2.24) is 4.90 Å². The van der Waals surface area contributed by atoms with Gasteiger partial charge < -0.3 is 4.74 Å². The summed E-state index contributed by atoms with van der Waals surface area (Å²) in [6.07, 6.45) is 3.56. The van der Waals surface area contributed by atoms with E-state index >= 15 is 0 Å². The van der Waals surface area contributed by atoms with E-state index in [1.807, 2.05) is 24.3 Å². The zero-order valence-corrected chi connectivity index (χ0v) is 9.19. The van der Waals surface area contributed by atoms with Crippen LogP contribution >= 0.6 is 0 Å². The van der Waals surface area contributed by atoms with Gasteiger partial charge in [-0.05, 0) is 18.9 Å². The van der Waals surface area contributed by atoms with Crippen LogP contribution in [0.2, 0.25) is 0 Å². The van der Waals surface area contributed by atoms with Crippen molar-refractivity contribution < 1.29 is 9.53 Å². The van der Waals surface area contributed by atoms with Gasteiger partial charge in [-0.3, -0.25) is 4.90 Å². The summed E-state index contributed by atoms with van der Waals surface area (Å²) in [6.45, 7) is 2.07. The van der Waals surface area contributed by atoms with Crippen LogP contribution in [0.1, 0.15) is 41.4 Å². The monoisotopic (exact) mass is 217 g/mol. The van der Waals surface area contributed by atoms with Crippen molar-refractivity contribution >= 4 is 5.97 Å². The summed E-state index contributed by atoms with van der Waals surface area (Å²) in [4.78, 5) is 13.9. The molecule has 2 heterocycles. The Hall–Kier alpha value is -1.35. The van der Waals surface area contributed by atoms with Gasteiger partial charge in [-0.15, -0.1) is 0 Å². The van der Waals surface area contributed by atoms with Crippen LogP contribution < -0.4 is 0 Å². The molecule has 1 atom stereocenters. The van der Waals surface area contributed by atoms with E-state index in [-0.39, 0.29) is 12.2 Å². The summed E-state index contributed by atoms with van der Waals surface area (Å²) >= 11 is 0. The first-order chi connectivity index (χ1) is 7.86. The molecule has 0 aromatic heterocycles. The fourth-order valence-corrected chi connectivity index (χ4v) is 2.55. The molecular weight excluding hydrogens is 202 g/mol. The molecule has 16 heavy (non-hydrogen) atoms. The normalized spacial score (nSPS) is 25.2. The molecule has 1 saturated heterocycles. The molecule has 0 unspecified atom stereocenters. The quantitative estimate of drug-likeness (QED) is 0.676. The Morgan fingerprint density at radius 3 is 2.69 bits per heavy atom. The number of cyclic esters (lactones) is 1. The van der Waals surface area contributed by atoms with Crippen molar-refractivity contribution in [3.05, 3.63) is 35.4 Å². The van der Waals surface area contributed by atoms with Crippen LogP contribution in [0.15, 0.2) is 24.3 Å². The maximum Gasteiger partial charge on any atom is 0.340 e. The first-order valence-electron chi connectivity index (χ1n) is 5.90. The van der Waals surface area contributed by atoms with E-state index in [9.17, 15) is 4.79 Å². The highest BCUT2D eigenvalue weighted by Crippen LogP contribution is 2.34. The summed E-state index contributed by atoms with van der Waals surface area (Å²) in [5, 5.41) is 0. The topological polar surface area (TPSA) is 29.5 Å². The van der Waals surface area contributed by atoms with E-state index in [4.69, 9.17) is 4.74 Å². The second kappa shape index (κ2) is 3.91. The number of rotatable bonds is 1. The summed E-state index contributed by atoms with van der Waals surface area (Å²) < 4.78 is 5.46. The number of nitrogens with zero attached hydrogens (tertiary/aromatic N) is 1. The fourth-order valence-electron chi connectivity index (χ4n) is 2.55. The van der Waals surface area contributed by atoms with Gasteiger partial charge in [-0.25, -0.2) is 4.79 Å². The molecule has 0 bridgehead atoms. The first kappa shape index (κ1) is 9.85. The van der Waals surface area contributed by atoms with Gasteiger partial charge in [0.05, 0.1) is 5.56 Å². The fraction of sp³-hybridized carbons (Fsp3) is 0.462. The van der Waals surface area contributed by atoms with Gasteiger partial charge in [0.2, 0.25) is 0 Å². The van der Waals surface area contributed by atoms with E-state index < -0.39 is 0 Å². The van der Waals surface area contributed by atoms with Crippen LogP contribution in [-0.2, 0) is 4.74 Å². The van der Waals surface area contributed by atoms with Crippen molar-refractivity contribution in [3.8, 4) is 0 Å². The Kier molecular flexibility index (Phi) is 2.40. The third-order valence-electron chi connectivity index (χ3n) is 3.39. The highest BCUT2D eigenvalue weighted by atomic mass is 16.6. The molecule has 0 saturated carbocycles. The molecule has 1 fully saturated rings. The van der Waals surface area contributed by atoms with Crippen molar-refractivity contribution in [2.45, 2.75) is 25.5 Å². The summed E-state index contributed by atoms with van der Waals surface area (Å²) in [7, 11) is 0. The van der Waals surface area contributed by atoms with Gasteiger partial charge in [0.25, 0.3) is 0 Å². The van der Waals surface area contributed by atoms with E-state index in [1.54, 1.807) is 0 Å². The lowest BCUT2D eigenvalue weighted by atomic mass is 10.1. The van der Waals surface area contributed by atoms with Crippen LogP contribution in [0, 0.1) is 0 Å². The molecule has 0 spiro atoms. The molecule has 1 aromatic carbocycles. The van der Waals surface area contributed by atoms with Crippen LogP contribution in [0.4, 0.5) is 0 Å². The molecule has 84 valence electrons. The van der Waals surface area contributed by atoms with E-state index in [0.29, 0.717) is 0 Å². The average Bonchev–Trinajstić information content (AvgIpc) is 2.69. The number of hydrogen-bond donors (Lipinski definition) is 0. The molecule has 2 aliphatic rings. The van der Waals surface area contributed by atoms with Crippen LogP contribution in [-0.4, -0.2) is 24.0 Å². The number of piperidine rings is 1. The zero-order chi connectivity index (χ0) is 11.0. The van der Waals surface area contributed by atoms with Gasteiger partial charge in [-0.1, -0.05) is 24.6 Å². The highest BCUT2D eigenvalue weighted by molar-refractivity contribution is 5.93. The molecule has 2 aliphatic heterocycles. The van der Waals surface area contributed by atoms with E-state index in [2.05, 4.69) is 4.90 Å². The van der Waals surface area contributed by atoms with Crippen molar-refractivity contribution in [3.63, 3.8) is 0 Å². The minimum absolute atomic E-state index is 0.135. The molecule has 3 nitrogen and oxygen atoms in total. The predicted octanol–water partition coefficient (Wildman–Crippen LogP) is 2.34.